The summed E-state index contributed by atoms with van der Waals surface area (Å²) in [4.78, 5) is 24.2. The molecular formula is C20H12ClF3N6O3. The lowest BCUT2D eigenvalue weighted by Gasteiger charge is -2.13. The lowest BCUT2D eigenvalue weighted by Crippen LogP contribution is -2.20. The number of nitrogens with one attached hydrogen (secondary N) is 2. The molecule has 2 aromatic heterocycles. The van der Waals surface area contributed by atoms with E-state index in [9.17, 15) is 18.0 Å². The Labute approximate surface area is 188 Å². The van der Waals surface area contributed by atoms with Crippen molar-refractivity contribution >= 4 is 29.0 Å². The monoisotopic (exact) mass is 476 g/mol. The van der Waals surface area contributed by atoms with Crippen molar-refractivity contribution in [1.29, 1.82) is 0 Å². The number of carbonyl (C=O) groups excluding carboxylic acids is 1. The number of alkyl halides is 3. The molecule has 2 aromatic carbocycles. The van der Waals surface area contributed by atoms with Gasteiger partial charge in [-0.15, -0.1) is 0 Å². The van der Waals surface area contributed by atoms with Crippen LogP contribution < -0.4 is 15.4 Å². The quantitative estimate of drug-likeness (QED) is 0.383. The van der Waals surface area contributed by atoms with Crippen molar-refractivity contribution in [3.63, 3.8) is 0 Å². The van der Waals surface area contributed by atoms with E-state index >= 15 is 0 Å². The first kappa shape index (κ1) is 22.0. The first-order valence-corrected chi connectivity index (χ1v) is 9.47. The zero-order valence-corrected chi connectivity index (χ0v) is 17.1. The number of halogens is 4. The summed E-state index contributed by atoms with van der Waals surface area (Å²) >= 11 is 5.59. The Hall–Kier alpha value is -4.19. The van der Waals surface area contributed by atoms with Crippen LogP contribution in [0.1, 0.15) is 5.56 Å². The summed E-state index contributed by atoms with van der Waals surface area (Å²) in [5.74, 6) is 0.694. The Kier molecular flexibility index (Phi) is 6.09. The van der Waals surface area contributed by atoms with Gasteiger partial charge in [-0.1, -0.05) is 22.8 Å². The average Bonchev–Trinajstić information content (AvgIpc) is 3.30. The van der Waals surface area contributed by atoms with Gasteiger partial charge >= 0.3 is 12.2 Å². The molecule has 4 rings (SSSR count). The normalized spacial score (nSPS) is 11.2. The number of hydrogen-bond acceptors (Lipinski definition) is 7. The Bertz CT molecular complexity index is 1280. The lowest BCUT2D eigenvalue weighted by molar-refractivity contribution is -0.137. The fourth-order valence-corrected chi connectivity index (χ4v) is 2.89. The van der Waals surface area contributed by atoms with E-state index < -0.39 is 22.8 Å². The van der Waals surface area contributed by atoms with Crippen LogP contribution in [-0.2, 0) is 6.18 Å². The number of hydrogen-bond donors (Lipinski definition) is 2. The summed E-state index contributed by atoms with van der Waals surface area (Å²) < 4.78 is 49.6. The molecule has 33 heavy (non-hydrogen) atoms. The SMILES string of the molecule is O=C(Nc1cccc(Oc2cc(-c3ncno3)ncn2)c1)Nc1ccc(Cl)c(C(F)(F)F)c1. The molecular weight excluding hydrogens is 465 g/mol. The predicted molar refractivity (Wildman–Crippen MR) is 111 cm³/mol. The van der Waals surface area contributed by atoms with Gasteiger partial charge in [0, 0.05) is 23.5 Å². The maximum Gasteiger partial charge on any atom is 0.417 e. The van der Waals surface area contributed by atoms with Crippen LogP contribution in [0.2, 0.25) is 5.02 Å². The summed E-state index contributed by atoms with van der Waals surface area (Å²) in [7, 11) is 0. The fraction of sp³-hybridized carbons (Fsp3) is 0.0500. The second-order valence-corrected chi connectivity index (χ2v) is 6.80. The largest absolute Gasteiger partial charge is 0.439 e. The molecule has 0 atom stereocenters. The van der Waals surface area contributed by atoms with E-state index in [-0.39, 0.29) is 17.5 Å². The number of amides is 2. The van der Waals surface area contributed by atoms with E-state index in [1.807, 2.05) is 0 Å². The van der Waals surface area contributed by atoms with Crippen LogP contribution in [0, 0.1) is 0 Å². The van der Waals surface area contributed by atoms with Gasteiger partial charge in [0.25, 0.3) is 5.89 Å². The van der Waals surface area contributed by atoms with Crippen molar-refractivity contribution < 1.29 is 27.2 Å². The maximum absolute atomic E-state index is 13.0. The summed E-state index contributed by atoms with van der Waals surface area (Å²) in [5, 5.41) is 7.88. The third kappa shape index (κ3) is 5.54. The van der Waals surface area contributed by atoms with Crippen LogP contribution in [0.4, 0.5) is 29.3 Å². The standard InChI is InChI=1S/C20H12ClF3N6O3/c21-15-5-4-12(7-14(15)20(22,23)24)30-19(31)29-11-2-1-3-13(6-11)32-17-8-16(25-9-26-17)18-27-10-28-33-18/h1-10H,(H2,29,30,31). The third-order valence-electron chi connectivity index (χ3n) is 4.07. The number of ether oxygens (including phenoxy) is 1. The number of benzene rings is 2. The minimum absolute atomic E-state index is 0.0776. The zero-order valence-electron chi connectivity index (χ0n) is 16.3. The van der Waals surface area contributed by atoms with Crippen LogP contribution in [0.15, 0.2) is 65.7 Å². The smallest absolute Gasteiger partial charge is 0.417 e. The van der Waals surface area contributed by atoms with Gasteiger partial charge in [-0.2, -0.15) is 18.2 Å². The molecule has 0 radical (unpaired) electrons. The average molecular weight is 477 g/mol. The van der Waals surface area contributed by atoms with Gasteiger partial charge in [-0.05, 0) is 30.3 Å². The van der Waals surface area contributed by atoms with Gasteiger partial charge in [-0.25, -0.2) is 14.8 Å². The number of aromatic nitrogens is 4. The Morgan fingerprint density at radius 1 is 0.970 bits per heavy atom. The third-order valence-corrected chi connectivity index (χ3v) is 4.40. The van der Waals surface area contributed by atoms with Crippen molar-refractivity contribution in [2.24, 2.45) is 0 Å². The van der Waals surface area contributed by atoms with Crippen LogP contribution in [0.25, 0.3) is 11.6 Å². The topological polar surface area (TPSA) is 115 Å². The van der Waals surface area contributed by atoms with E-state index in [0.717, 1.165) is 12.1 Å². The molecule has 13 heteroatoms. The lowest BCUT2D eigenvalue weighted by atomic mass is 10.2. The number of urea groups is 1. The van der Waals surface area contributed by atoms with Crippen LogP contribution in [-0.4, -0.2) is 26.1 Å². The van der Waals surface area contributed by atoms with Crippen molar-refractivity contribution in [2.75, 3.05) is 10.6 Å². The van der Waals surface area contributed by atoms with Gasteiger partial charge in [0.2, 0.25) is 5.88 Å². The summed E-state index contributed by atoms with van der Waals surface area (Å²) in [5.41, 5.74) is -0.457. The highest BCUT2D eigenvalue weighted by atomic mass is 35.5. The Morgan fingerprint density at radius 2 is 1.76 bits per heavy atom. The molecule has 0 aliphatic heterocycles. The molecule has 0 saturated carbocycles. The molecule has 2 heterocycles. The van der Waals surface area contributed by atoms with E-state index in [2.05, 4.69) is 30.7 Å². The van der Waals surface area contributed by atoms with Gasteiger partial charge in [0.15, 0.2) is 6.33 Å². The Morgan fingerprint density at radius 3 is 2.48 bits per heavy atom. The molecule has 0 unspecified atom stereocenters. The predicted octanol–water partition coefficient (Wildman–Crippen LogP) is 5.64. The van der Waals surface area contributed by atoms with Crippen molar-refractivity contribution in [2.45, 2.75) is 6.18 Å². The van der Waals surface area contributed by atoms with Crippen molar-refractivity contribution in [1.82, 2.24) is 20.1 Å². The summed E-state index contributed by atoms with van der Waals surface area (Å²) in [6.45, 7) is 0. The van der Waals surface area contributed by atoms with Gasteiger partial charge in [0.05, 0.1) is 10.6 Å². The van der Waals surface area contributed by atoms with Gasteiger partial charge < -0.3 is 19.9 Å². The Balaban J connectivity index is 1.44. The molecule has 0 spiro atoms. The van der Waals surface area contributed by atoms with Gasteiger partial charge in [-0.3, -0.25) is 0 Å². The molecule has 2 N–H and O–H groups in total. The van der Waals surface area contributed by atoms with E-state index in [1.54, 1.807) is 18.2 Å². The minimum atomic E-state index is -4.65. The molecule has 0 bridgehead atoms. The fourth-order valence-electron chi connectivity index (χ4n) is 2.67. The highest BCUT2D eigenvalue weighted by Gasteiger charge is 2.33. The summed E-state index contributed by atoms with van der Waals surface area (Å²) in [6.07, 6.45) is -2.17. The van der Waals surface area contributed by atoms with E-state index in [4.69, 9.17) is 20.9 Å². The number of carbonyl (C=O) groups is 1. The highest BCUT2D eigenvalue weighted by Crippen LogP contribution is 2.36. The van der Waals surface area contributed by atoms with Gasteiger partial charge in [0.1, 0.15) is 17.8 Å². The number of nitrogens with zero attached hydrogens (tertiary/aromatic N) is 4. The van der Waals surface area contributed by atoms with E-state index in [0.29, 0.717) is 17.1 Å². The minimum Gasteiger partial charge on any atom is -0.439 e. The first-order valence-electron chi connectivity index (χ1n) is 9.10. The second-order valence-electron chi connectivity index (χ2n) is 6.39. The molecule has 168 valence electrons. The number of rotatable bonds is 5. The van der Waals surface area contributed by atoms with Crippen LogP contribution in [0.5, 0.6) is 11.6 Å². The van der Waals surface area contributed by atoms with Crippen molar-refractivity contribution in [3.8, 4) is 23.2 Å². The summed E-state index contributed by atoms with van der Waals surface area (Å²) in [6, 6.07) is 10.1. The van der Waals surface area contributed by atoms with Crippen LogP contribution >= 0.6 is 11.6 Å². The molecule has 0 aliphatic carbocycles. The molecule has 0 aliphatic rings. The highest BCUT2D eigenvalue weighted by molar-refractivity contribution is 6.31. The van der Waals surface area contributed by atoms with Crippen molar-refractivity contribution in [3.05, 3.63) is 71.8 Å². The molecule has 0 fully saturated rings. The molecule has 2 amide bonds. The zero-order chi connectivity index (χ0) is 23.4. The van der Waals surface area contributed by atoms with E-state index in [1.165, 1.54) is 30.9 Å². The molecule has 0 saturated heterocycles. The number of anilines is 2. The molecule has 9 nitrogen and oxygen atoms in total. The maximum atomic E-state index is 13.0. The van der Waals surface area contributed by atoms with Crippen LogP contribution in [0.3, 0.4) is 0 Å². The second kappa shape index (κ2) is 9.12. The molecule has 4 aromatic rings. The first-order chi connectivity index (χ1) is 15.8.